The molecule has 1 amide bonds. The number of oxazole rings is 1. The van der Waals surface area contributed by atoms with Gasteiger partial charge in [0, 0.05) is 24.0 Å². The zero-order chi connectivity index (χ0) is 21.9. The second kappa shape index (κ2) is 6.81. The Balaban J connectivity index is 1.61. The van der Waals surface area contributed by atoms with Gasteiger partial charge in [-0.1, -0.05) is 18.2 Å². The summed E-state index contributed by atoms with van der Waals surface area (Å²) in [7, 11) is 0. The molecule has 31 heavy (non-hydrogen) atoms. The van der Waals surface area contributed by atoms with Crippen LogP contribution in [0.15, 0.2) is 39.4 Å². The zero-order valence-electron chi connectivity index (χ0n) is 17.9. The van der Waals surface area contributed by atoms with E-state index < -0.39 is 11.6 Å². The molecule has 0 fully saturated rings. The van der Waals surface area contributed by atoms with Gasteiger partial charge in [-0.25, -0.2) is 9.97 Å². The lowest BCUT2D eigenvalue weighted by molar-refractivity contribution is 0.0438. The second-order valence-corrected chi connectivity index (χ2v) is 8.55. The first-order valence-electron chi connectivity index (χ1n) is 10.3. The Morgan fingerprint density at radius 2 is 2.10 bits per heavy atom. The molecular formula is C23H24N4O4. The number of benzene rings is 1. The van der Waals surface area contributed by atoms with Crippen molar-refractivity contribution < 1.29 is 18.7 Å². The molecule has 0 radical (unpaired) electrons. The molecule has 160 valence electrons. The molecule has 5 rings (SSSR count). The lowest BCUT2D eigenvalue weighted by Gasteiger charge is -2.33. The van der Waals surface area contributed by atoms with E-state index in [1.54, 1.807) is 32.0 Å². The number of aryl methyl sites for hydroxylation is 2. The Kier molecular flexibility index (Phi) is 4.30. The zero-order valence-corrected chi connectivity index (χ0v) is 17.9. The van der Waals surface area contributed by atoms with Crippen molar-refractivity contribution in [1.29, 1.82) is 0 Å². The summed E-state index contributed by atoms with van der Waals surface area (Å²) in [5.41, 5.74) is 2.73. The van der Waals surface area contributed by atoms with Crippen LogP contribution in [0.3, 0.4) is 0 Å². The number of fused-ring (bicyclic) bond motifs is 2. The Morgan fingerprint density at radius 1 is 1.29 bits per heavy atom. The van der Waals surface area contributed by atoms with Crippen LogP contribution in [0.5, 0.6) is 0 Å². The number of furan rings is 1. The number of carbonyl (C=O) groups is 1. The van der Waals surface area contributed by atoms with Gasteiger partial charge in [-0.3, -0.25) is 4.79 Å². The number of carbonyl (C=O) groups excluding carboxylic acids is 1. The number of amides is 1. The van der Waals surface area contributed by atoms with E-state index in [1.807, 2.05) is 31.2 Å². The van der Waals surface area contributed by atoms with Gasteiger partial charge < -0.3 is 23.8 Å². The highest BCUT2D eigenvalue weighted by Gasteiger charge is 2.39. The highest BCUT2D eigenvalue weighted by atomic mass is 16.4. The normalized spacial score (nSPS) is 16.7. The lowest BCUT2D eigenvalue weighted by Crippen LogP contribution is -2.40. The van der Waals surface area contributed by atoms with Gasteiger partial charge in [0.15, 0.2) is 0 Å². The molecule has 1 aliphatic heterocycles. The first kappa shape index (κ1) is 19.6. The highest BCUT2D eigenvalue weighted by molar-refractivity contribution is 5.93. The maximum absolute atomic E-state index is 13.6. The summed E-state index contributed by atoms with van der Waals surface area (Å²) in [5, 5.41) is 11.2. The van der Waals surface area contributed by atoms with E-state index in [1.165, 1.54) is 0 Å². The minimum atomic E-state index is -1.28. The molecule has 1 aromatic carbocycles. The monoisotopic (exact) mass is 420 g/mol. The van der Waals surface area contributed by atoms with E-state index >= 15 is 0 Å². The Labute approximate surface area is 178 Å². The van der Waals surface area contributed by atoms with Gasteiger partial charge in [0.2, 0.25) is 11.7 Å². The average Bonchev–Trinajstić information content (AvgIpc) is 3.44. The standard InChI is InChI=1S/C23H24N4O4/c1-12-6-5-7-14-10-16(30-19(12)14)18-17-15(24-11-25-17)8-9-27(18)21(28)20-13(2)26-22(31-20)23(3,4)29/h5-7,10-11,18,29H,8-9H2,1-4H3,(H,24,25)/t18-/m1/s1. The minimum absolute atomic E-state index is 0.113. The molecule has 0 bridgehead atoms. The number of aromatic amines is 1. The Hall–Kier alpha value is -3.39. The van der Waals surface area contributed by atoms with Crippen molar-refractivity contribution in [3.8, 4) is 0 Å². The summed E-state index contributed by atoms with van der Waals surface area (Å²) in [4.78, 5) is 27.2. The molecule has 0 saturated heterocycles. The van der Waals surface area contributed by atoms with Gasteiger partial charge in [0.25, 0.3) is 5.91 Å². The molecule has 1 aliphatic rings. The van der Waals surface area contributed by atoms with E-state index in [0.717, 1.165) is 27.9 Å². The molecule has 0 spiro atoms. The highest BCUT2D eigenvalue weighted by Crippen LogP contribution is 2.38. The number of para-hydroxylation sites is 1. The smallest absolute Gasteiger partial charge is 0.292 e. The number of nitrogens with zero attached hydrogens (tertiary/aromatic N) is 3. The SMILES string of the molecule is Cc1nc(C(C)(C)O)oc1C(=O)N1CCc2[nH]cnc2[C@H]1c1cc2cccc(C)c2o1. The van der Waals surface area contributed by atoms with Crippen molar-refractivity contribution in [3.05, 3.63) is 70.6 Å². The van der Waals surface area contributed by atoms with Crippen molar-refractivity contribution >= 4 is 16.9 Å². The molecule has 0 unspecified atom stereocenters. The number of nitrogens with one attached hydrogen (secondary N) is 1. The van der Waals surface area contributed by atoms with Crippen LogP contribution in [0.1, 0.15) is 64.7 Å². The molecule has 4 aromatic rings. The third kappa shape index (κ3) is 3.14. The summed E-state index contributed by atoms with van der Waals surface area (Å²) in [6.07, 6.45) is 2.29. The van der Waals surface area contributed by atoms with Crippen molar-refractivity contribution in [2.45, 2.75) is 45.8 Å². The van der Waals surface area contributed by atoms with Gasteiger partial charge in [0.05, 0.1) is 17.7 Å². The van der Waals surface area contributed by atoms with Crippen LogP contribution >= 0.6 is 0 Å². The number of hydrogen-bond donors (Lipinski definition) is 2. The Morgan fingerprint density at radius 3 is 2.81 bits per heavy atom. The number of rotatable bonds is 3. The Bertz CT molecular complexity index is 1290. The van der Waals surface area contributed by atoms with Crippen molar-refractivity contribution in [3.63, 3.8) is 0 Å². The minimum Gasteiger partial charge on any atom is -0.458 e. The number of aromatic nitrogens is 3. The van der Waals surface area contributed by atoms with Crippen molar-refractivity contribution in [1.82, 2.24) is 19.9 Å². The molecule has 1 atom stereocenters. The van der Waals surface area contributed by atoms with E-state index in [-0.39, 0.29) is 17.6 Å². The van der Waals surface area contributed by atoms with Gasteiger partial charge in [-0.15, -0.1) is 0 Å². The molecule has 0 saturated carbocycles. The summed E-state index contributed by atoms with van der Waals surface area (Å²) in [6.45, 7) is 7.31. The van der Waals surface area contributed by atoms with Crippen molar-refractivity contribution in [2.75, 3.05) is 6.54 Å². The average molecular weight is 420 g/mol. The summed E-state index contributed by atoms with van der Waals surface area (Å²) >= 11 is 0. The molecule has 2 N–H and O–H groups in total. The maximum Gasteiger partial charge on any atom is 0.292 e. The molecular weight excluding hydrogens is 396 g/mol. The van der Waals surface area contributed by atoms with Crippen molar-refractivity contribution in [2.24, 2.45) is 0 Å². The first-order valence-corrected chi connectivity index (χ1v) is 10.3. The molecule has 3 aromatic heterocycles. The van der Waals surface area contributed by atoms with Gasteiger partial charge in [-0.05, 0) is 39.3 Å². The van der Waals surface area contributed by atoms with Crippen LogP contribution < -0.4 is 0 Å². The van der Waals surface area contributed by atoms with E-state index in [0.29, 0.717) is 24.4 Å². The van der Waals surface area contributed by atoms with Crippen LogP contribution in [-0.2, 0) is 12.0 Å². The quantitative estimate of drug-likeness (QED) is 0.522. The van der Waals surface area contributed by atoms with Gasteiger partial charge in [0.1, 0.15) is 23.0 Å². The fourth-order valence-electron chi connectivity index (χ4n) is 4.13. The molecule has 4 heterocycles. The van der Waals surface area contributed by atoms with E-state index in [9.17, 15) is 9.90 Å². The predicted octanol–water partition coefficient (Wildman–Crippen LogP) is 3.78. The van der Waals surface area contributed by atoms with Crippen LogP contribution in [0.25, 0.3) is 11.0 Å². The van der Waals surface area contributed by atoms with Gasteiger partial charge >= 0.3 is 0 Å². The predicted molar refractivity (Wildman–Crippen MR) is 113 cm³/mol. The number of aliphatic hydroxyl groups is 1. The molecule has 8 nitrogen and oxygen atoms in total. The first-order chi connectivity index (χ1) is 14.7. The maximum atomic E-state index is 13.6. The number of H-pyrrole nitrogens is 1. The molecule has 8 heteroatoms. The number of hydrogen-bond acceptors (Lipinski definition) is 6. The van der Waals surface area contributed by atoms with Gasteiger partial charge in [-0.2, -0.15) is 0 Å². The van der Waals surface area contributed by atoms with Crippen LogP contribution in [-0.4, -0.2) is 37.4 Å². The fraction of sp³-hybridized carbons (Fsp3) is 0.348. The number of imidazole rings is 1. The summed E-state index contributed by atoms with van der Waals surface area (Å²) in [5.74, 6) is 0.567. The lowest BCUT2D eigenvalue weighted by atomic mass is 9.99. The van der Waals surface area contributed by atoms with Crippen LogP contribution in [0.4, 0.5) is 0 Å². The third-order valence-corrected chi connectivity index (χ3v) is 5.73. The third-order valence-electron chi connectivity index (χ3n) is 5.73. The molecule has 0 aliphatic carbocycles. The van der Waals surface area contributed by atoms with Crippen LogP contribution in [0, 0.1) is 13.8 Å². The van der Waals surface area contributed by atoms with Crippen LogP contribution in [0.2, 0.25) is 0 Å². The summed E-state index contributed by atoms with van der Waals surface area (Å²) in [6, 6.07) is 7.44. The summed E-state index contributed by atoms with van der Waals surface area (Å²) < 4.78 is 12.0. The van der Waals surface area contributed by atoms with E-state index in [2.05, 4.69) is 15.0 Å². The fourth-order valence-corrected chi connectivity index (χ4v) is 4.13. The largest absolute Gasteiger partial charge is 0.458 e. The topological polar surface area (TPSA) is 108 Å². The second-order valence-electron chi connectivity index (χ2n) is 8.55. The van der Waals surface area contributed by atoms with E-state index in [4.69, 9.17) is 8.83 Å².